The molecular formula is C8H11O3P. The molecular weight excluding hydrogens is 175 g/mol. The molecule has 0 aliphatic rings. The van der Waals surface area contributed by atoms with Crippen molar-refractivity contribution in [3.8, 4) is 0 Å². The Morgan fingerprint density at radius 2 is 2.00 bits per heavy atom. The second kappa shape index (κ2) is 5.09. The van der Waals surface area contributed by atoms with Crippen LogP contribution < -0.4 is 0 Å². The zero-order chi connectivity index (χ0) is 8.81. The number of hydrogen-bond donors (Lipinski definition) is 0. The highest BCUT2D eigenvalue weighted by atomic mass is 31.1. The Morgan fingerprint density at radius 3 is 2.58 bits per heavy atom. The molecule has 1 rings (SSSR count). The molecule has 1 aromatic rings. The quantitative estimate of drug-likeness (QED) is 0.411. The van der Waals surface area contributed by atoms with E-state index in [2.05, 4.69) is 9.56 Å². The van der Waals surface area contributed by atoms with Gasteiger partial charge in [0.1, 0.15) is 0 Å². The number of benzene rings is 1. The van der Waals surface area contributed by atoms with Crippen molar-refractivity contribution in [2.75, 3.05) is 7.11 Å². The van der Waals surface area contributed by atoms with Gasteiger partial charge in [0.2, 0.25) is 8.03 Å². The van der Waals surface area contributed by atoms with Crippen molar-refractivity contribution in [1.29, 1.82) is 0 Å². The molecule has 12 heavy (non-hydrogen) atoms. The minimum absolute atomic E-state index is 0.430. The fourth-order valence-corrected chi connectivity index (χ4v) is 1.70. The van der Waals surface area contributed by atoms with Gasteiger partial charge in [-0.2, -0.15) is 4.67 Å². The van der Waals surface area contributed by atoms with E-state index in [1.165, 1.54) is 7.11 Å². The van der Waals surface area contributed by atoms with E-state index < -0.39 is 8.03 Å². The monoisotopic (exact) mass is 186 g/mol. The third-order valence-corrected chi connectivity index (χ3v) is 2.42. The van der Waals surface area contributed by atoms with Crippen molar-refractivity contribution in [3.63, 3.8) is 0 Å². The lowest BCUT2D eigenvalue weighted by Gasteiger charge is -1.99. The Hall–Kier alpha value is -0.630. The van der Waals surface area contributed by atoms with Crippen LogP contribution in [0.4, 0.5) is 0 Å². The van der Waals surface area contributed by atoms with Crippen LogP contribution in [0.3, 0.4) is 0 Å². The molecule has 1 unspecified atom stereocenters. The van der Waals surface area contributed by atoms with Crippen LogP contribution in [-0.2, 0) is 20.3 Å². The van der Waals surface area contributed by atoms with E-state index in [4.69, 9.17) is 0 Å². The first-order chi connectivity index (χ1) is 5.83. The highest BCUT2D eigenvalue weighted by Gasteiger charge is 2.00. The largest absolute Gasteiger partial charge is 0.293 e. The van der Waals surface area contributed by atoms with Gasteiger partial charge in [0.15, 0.2) is 0 Å². The summed E-state index contributed by atoms with van der Waals surface area (Å²) in [5.41, 5.74) is 0.999. The zero-order valence-corrected chi connectivity index (χ0v) is 7.82. The second-order valence-electron chi connectivity index (χ2n) is 2.28. The summed E-state index contributed by atoms with van der Waals surface area (Å²) in [6.07, 6.45) is 0.430. The molecule has 0 aromatic heterocycles. The van der Waals surface area contributed by atoms with Crippen LogP contribution in [0.1, 0.15) is 5.56 Å². The average Bonchev–Trinajstić information content (AvgIpc) is 2.06. The summed E-state index contributed by atoms with van der Waals surface area (Å²) in [6, 6.07) is 9.52. The molecule has 0 radical (unpaired) electrons. The van der Waals surface area contributed by atoms with Gasteiger partial charge in [-0.25, -0.2) is 4.89 Å². The number of rotatable bonds is 4. The fraction of sp³-hybridized carbons (Fsp3) is 0.250. The molecule has 4 heteroatoms. The van der Waals surface area contributed by atoms with Crippen molar-refractivity contribution >= 4 is 8.03 Å². The summed E-state index contributed by atoms with van der Waals surface area (Å²) in [7, 11) is -0.710. The highest BCUT2D eigenvalue weighted by molar-refractivity contribution is 7.38. The molecule has 0 bridgehead atoms. The van der Waals surface area contributed by atoms with Gasteiger partial charge < -0.3 is 0 Å². The van der Waals surface area contributed by atoms with Crippen LogP contribution in [0.5, 0.6) is 0 Å². The molecule has 0 amide bonds. The predicted molar refractivity (Wildman–Crippen MR) is 47.2 cm³/mol. The van der Waals surface area contributed by atoms with Crippen LogP contribution in [-0.4, -0.2) is 7.11 Å². The number of hydrogen-bond acceptors (Lipinski definition) is 3. The van der Waals surface area contributed by atoms with E-state index in [9.17, 15) is 4.57 Å². The molecule has 66 valence electrons. The summed E-state index contributed by atoms with van der Waals surface area (Å²) in [5.74, 6) is 0. The molecule has 0 heterocycles. The lowest BCUT2D eigenvalue weighted by molar-refractivity contribution is -0.172. The smallest absolute Gasteiger partial charge is 0.229 e. The summed E-state index contributed by atoms with van der Waals surface area (Å²) >= 11 is 0. The van der Waals surface area contributed by atoms with Gasteiger partial charge >= 0.3 is 0 Å². The molecule has 0 N–H and O–H groups in total. The van der Waals surface area contributed by atoms with Crippen LogP contribution in [0, 0.1) is 0 Å². The first-order valence-electron chi connectivity index (χ1n) is 3.60. The van der Waals surface area contributed by atoms with Gasteiger partial charge in [-0.1, -0.05) is 30.3 Å². The maximum Gasteiger partial charge on any atom is 0.229 e. The first-order valence-corrected chi connectivity index (χ1v) is 5.12. The van der Waals surface area contributed by atoms with Crippen LogP contribution >= 0.6 is 8.03 Å². The van der Waals surface area contributed by atoms with Crippen molar-refractivity contribution in [1.82, 2.24) is 0 Å². The van der Waals surface area contributed by atoms with E-state index >= 15 is 0 Å². The van der Waals surface area contributed by atoms with Crippen molar-refractivity contribution in [2.24, 2.45) is 0 Å². The molecule has 0 aliphatic heterocycles. The van der Waals surface area contributed by atoms with Gasteiger partial charge in [0.05, 0.1) is 7.11 Å². The molecule has 0 saturated heterocycles. The molecule has 0 spiro atoms. The lowest BCUT2D eigenvalue weighted by Crippen LogP contribution is -1.82. The van der Waals surface area contributed by atoms with Crippen LogP contribution in [0.15, 0.2) is 30.3 Å². The van der Waals surface area contributed by atoms with Gasteiger partial charge in [-0.05, 0) is 5.56 Å². The predicted octanol–water partition coefficient (Wildman–Crippen LogP) is 2.24. The van der Waals surface area contributed by atoms with E-state index in [0.29, 0.717) is 6.16 Å². The topological polar surface area (TPSA) is 35.5 Å². The first kappa shape index (κ1) is 9.46. The summed E-state index contributed by atoms with van der Waals surface area (Å²) in [4.78, 5) is 4.31. The minimum Gasteiger partial charge on any atom is -0.293 e. The minimum atomic E-state index is -2.07. The van der Waals surface area contributed by atoms with E-state index in [1.54, 1.807) is 0 Å². The maximum atomic E-state index is 11.1. The molecule has 1 atom stereocenters. The standard InChI is InChI=1S/C8H11O3P/c1-10-11-12(9)7-8-5-3-2-4-6-8/h2-6,12H,7H2,1H3. The van der Waals surface area contributed by atoms with E-state index in [1.807, 2.05) is 30.3 Å². The zero-order valence-electron chi connectivity index (χ0n) is 6.82. The van der Waals surface area contributed by atoms with Crippen molar-refractivity contribution < 1.29 is 14.1 Å². The van der Waals surface area contributed by atoms with Gasteiger partial charge in [-0.15, -0.1) is 0 Å². The molecule has 3 nitrogen and oxygen atoms in total. The summed E-state index contributed by atoms with van der Waals surface area (Å²) in [6.45, 7) is 0. The Labute approximate surface area is 72.1 Å². The van der Waals surface area contributed by atoms with Crippen molar-refractivity contribution in [2.45, 2.75) is 6.16 Å². The Bertz CT molecular complexity index is 248. The van der Waals surface area contributed by atoms with Crippen LogP contribution in [0.25, 0.3) is 0 Å². The fourth-order valence-electron chi connectivity index (χ4n) is 0.885. The summed E-state index contributed by atoms with van der Waals surface area (Å²) < 4.78 is 15.5. The maximum absolute atomic E-state index is 11.1. The normalized spacial score (nSPS) is 12.8. The SMILES string of the molecule is COO[PH](=O)Cc1ccccc1. The third-order valence-electron chi connectivity index (χ3n) is 1.37. The van der Waals surface area contributed by atoms with Crippen molar-refractivity contribution in [3.05, 3.63) is 35.9 Å². The third kappa shape index (κ3) is 3.18. The lowest BCUT2D eigenvalue weighted by atomic mass is 10.2. The second-order valence-corrected chi connectivity index (χ2v) is 3.55. The Morgan fingerprint density at radius 1 is 1.33 bits per heavy atom. The van der Waals surface area contributed by atoms with Gasteiger partial charge in [0, 0.05) is 6.16 Å². The van der Waals surface area contributed by atoms with Gasteiger partial charge in [0.25, 0.3) is 0 Å². The Kier molecular flexibility index (Phi) is 4.01. The molecule has 0 fully saturated rings. The van der Waals surface area contributed by atoms with Crippen LogP contribution in [0.2, 0.25) is 0 Å². The average molecular weight is 186 g/mol. The molecule has 0 aliphatic carbocycles. The van der Waals surface area contributed by atoms with E-state index in [-0.39, 0.29) is 0 Å². The molecule has 1 aromatic carbocycles. The van der Waals surface area contributed by atoms with Gasteiger partial charge in [-0.3, -0.25) is 4.57 Å². The molecule has 0 saturated carbocycles. The van der Waals surface area contributed by atoms with E-state index in [0.717, 1.165) is 5.56 Å². The Balaban J connectivity index is 2.47. The summed E-state index contributed by atoms with van der Waals surface area (Å²) in [5, 5.41) is 0. The highest BCUT2D eigenvalue weighted by Crippen LogP contribution is 2.27.